The summed E-state index contributed by atoms with van der Waals surface area (Å²) in [6.45, 7) is 1.26. The Morgan fingerprint density at radius 3 is 2.78 bits per heavy atom. The quantitative estimate of drug-likeness (QED) is 0.489. The Labute approximate surface area is 138 Å². The molecular formula is C10H14AcN2O5. The molecule has 3 atom stereocenters. The number of aliphatic hydroxyl groups is 2. The third kappa shape index (κ3) is 3.11. The van der Waals surface area contributed by atoms with Crippen LogP contribution in [0.15, 0.2) is 15.8 Å². The van der Waals surface area contributed by atoms with E-state index in [-0.39, 0.29) is 57.1 Å². The SMILES string of the molecule is Cc1cn(C2CC(O)C(CO)O2)c(=O)[nH]c1=O.[Ac]. The third-order valence-electron chi connectivity index (χ3n) is 2.84. The van der Waals surface area contributed by atoms with Gasteiger partial charge in [-0.2, -0.15) is 0 Å². The first-order chi connectivity index (χ1) is 8.02. The Hall–Kier alpha value is 0.00156. The minimum Gasteiger partial charge on any atom is -0.394 e. The van der Waals surface area contributed by atoms with E-state index < -0.39 is 29.7 Å². The molecule has 3 N–H and O–H groups in total. The van der Waals surface area contributed by atoms with Gasteiger partial charge in [0.25, 0.3) is 5.56 Å². The molecule has 1 radical (unpaired) electrons. The number of aromatic nitrogens is 2. The first-order valence-electron chi connectivity index (χ1n) is 5.29. The molecule has 18 heavy (non-hydrogen) atoms. The van der Waals surface area contributed by atoms with Crippen molar-refractivity contribution in [3.63, 3.8) is 0 Å². The van der Waals surface area contributed by atoms with Crippen LogP contribution >= 0.6 is 0 Å². The second kappa shape index (κ2) is 6.44. The van der Waals surface area contributed by atoms with Crippen LogP contribution in [0.25, 0.3) is 0 Å². The molecule has 1 aliphatic rings. The van der Waals surface area contributed by atoms with Crippen molar-refractivity contribution in [1.82, 2.24) is 9.55 Å². The van der Waals surface area contributed by atoms with Crippen molar-refractivity contribution in [2.75, 3.05) is 6.61 Å². The number of H-pyrrole nitrogens is 1. The number of aromatic amines is 1. The second-order valence-electron chi connectivity index (χ2n) is 4.09. The maximum Gasteiger partial charge on any atom is 0.330 e. The molecule has 0 amide bonds. The average Bonchev–Trinajstić information content (AvgIpc) is 2.65. The first-order valence-corrected chi connectivity index (χ1v) is 5.29. The monoisotopic (exact) mass is 469 g/mol. The zero-order chi connectivity index (χ0) is 12.6. The third-order valence-corrected chi connectivity index (χ3v) is 2.84. The van der Waals surface area contributed by atoms with E-state index in [2.05, 4.69) is 4.98 Å². The molecule has 1 aromatic heterocycles. The van der Waals surface area contributed by atoms with Gasteiger partial charge in [0.05, 0.1) is 12.7 Å². The van der Waals surface area contributed by atoms with Gasteiger partial charge in [-0.15, -0.1) is 0 Å². The van der Waals surface area contributed by atoms with Gasteiger partial charge in [-0.05, 0) is 6.92 Å². The predicted octanol–water partition coefficient (Wildman–Crippen LogP) is -1.51. The molecule has 1 aliphatic heterocycles. The normalized spacial score (nSPS) is 26.9. The second-order valence-corrected chi connectivity index (χ2v) is 4.09. The van der Waals surface area contributed by atoms with Gasteiger partial charge in [-0.25, -0.2) is 4.79 Å². The van der Waals surface area contributed by atoms with Crippen molar-refractivity contribution in [1.29, 1.82) is 0 Å². The van der Waals surface area contributed by atoms with Gasteiger partial charge in [0.15, 0.2) is 0 Å². The fourth-order valence-electron chi connectivity index (χ4n) is 1.85. The van der Waals surface area contributed by atoms with Crippen molar-refractivity contribution in [2.24, 2.45) is 0 Å². The fourth-order valence-corrected chi connectivity index (χ4v) is 1.85. The Bertz CT molecular complexity index is 526. The molecule has 3 unspecified atom stereocenters. The van der Waals surface area contributed by atoms with Crippen molar-refractivity contribution < 1.29 is 59.0 Å². The van der Waals surface area contributed by atoms with Crippen LogP contribution in [0.3, 0.4) is 0 Å². The van der Waals surface area contributed by atoms with Gasteiger partial charge in [0, 0.05) is 62.2 Å². The van der Waals surface area contributed by atoms with Gasteiger partial charge in [0.2, 0.25) is 0 Å². The van der Waals surface area contributed by atoms with Gasteiger partial charge in [-0.1, -0.05) is 0 Å². The van der Waals surface area contributed by atoms with E-state index in [1.807, 2.05) is 0 Å². The molecule has 2 heterocycles. The molecular weight excluding hydrogens is 455 g/mol. The fraction of sp³-hybridized carbons (Fsp3) is 0.600. The summed E-state index contributed by atoms with van der Waals surface area (Å²) in [6, 6.07) is 0. The smallest absolute Gasteiger partial charge is 0.330 e. The van der Waals surface area contributed by atoms with E-state index in [0.29, 0.717) is 5.56 Å². The molecule has 1 fully saturated rings. The van der Waals surface area contributed by atoms with Crippen molar-refractivity contribution >= 4 is 0 Å². The van der Waals surface area contributed by atoms with Crippen LogP contribution in [-0.4, -0.2) is 38.6 Å². The maximum absolute atomic E-state index is 11.6. The Morgan fingerprint density at radius 1 is 1.56 bits per heavy atom. The van der Waals surface area contributed by atoms with Crippen LogP contribution in [0.5, 0.6) is 0 Å². The predicted molar refractivity (Wildman–Crippen MR) is 57.7 cm³/mol. The van der Waals surface area contributed by atoms with Crippen molar-refractivity contribution in [2.45, 2.75) is 31.8 Å². The van der Waals surface area contributed by atoms with E-state index in [9.17, 15) is 14.7 Å². The van der Waals surface area contributed by atoms with Crippen molar-refractivity contribution in [3.8, 4) is 0 Å². The van der Waals surface area contributed by atoms with Crippen molar-refractivity contribution in [3.05, 3.63) is 32.6 Å². The standard InChI is InChI=1S/C10H14N2O5.Ac/c1-5-3-12(10(16)11-9(5)15)8-2-6(14)7(4-13)17-8;/h3,6-8,13-14H,2,4H2,1H3,(H,11,15,16);. The summed E-state index contributed by atoms with van der Waals surface area (Å²) in [5.41, 5.74) is -0.643. The topological polar surface area (TPSA) is 105 Å². The van der Waals surface area contributed by atoms with Crippen LogP contribution in [0.1, 0.15) is 18.2 Å². The number of aliphatic hydroxyl groups excluding tert-OH is 2. The van der Waals surface area contributed by atoms with Gasteiger partial charge in [-0.3, -0.25) is 14.3 Å². The molecule has 0 aliphatic carbocycles. The molecule has 0 spiro atoms. The molecule has 97 valence electrons. The largest absolute Gasteiger partial charge is 0.394 e. The summed E-state index contributed by atoms with van der Waals surface area (Å²) >= 11 is 0. The molecule has 0 saturated carbocycles. The average molecular weight is 469 g/mol. The van der Waals surface area contributed by atoms with E-state index in [1.54, 1.807) is 6.92 Å². The summed E-state index contributed by atoms with van der Waals surface area (Å²) < 4.78 is 6.54. The summed E-state index contributed by atoms with van der Waals surface area (Å²) in [4.78, 5) is 24.9. The van der Waals surface area contributed by atoms with Crippen LogP contribution < -0.4 is 11.2 Å². The number of nitrogens with one attached hydrogen (secondary N) is 1. The molecule has 0 bridgehead atoms. The molecule has 7 nitrogen and oxygen atoms in total. The Morgan fingerprint density at radius 2 is 2.22 bits per heavy atom. The zero-order valence-electron chi connectivity index (χ0n) is 9.87. The number of rotatable bonds is 2. The van der Waals surface area contributed by atoms with Gasteiger partial charge in [0.1, 0.15) is 12.3 Å². The van der Waals surface area contributed by atoms with Crippen LogP contribution in [0.4, 0.5) is 0 Å². The zero-order valence-corrected chi connectivity index (χ0v) is 14.6. The molecule has 8 heteroatoms. The molecule has 1 aromatic rings. The van der Waals surface area contributed by atoms with Gasteiger partial charge >= 0.3 is 5.69 Å². The number of hydrogen-bond donors (Lipinski definition) is 3. The number of ether oxygens (including phenoxy) is 1. The molecule has 2 rings (SSSR count). The van der Waals surface area contributed by atoms with E-state index >= 15 is 0 Å². The first kappa shape index (κ1) is 16.1. The van der Waals surface area contributed by atoms with E-state index in [1.165, 1.54) is 10.8 Å². The van der Waals surface area contributed by atoms with Crippen LogP contribution in [0, 0.1) is 51.0 Å². The summed E-state index contributed by atoms with van der Waals surface area (Å²) in [5.74, 6) is 0. The molecule has 0 aromatic carbocycles. The van der Waals surface area contributed by atoms with Gasteiger partial charge < -0.3 is 14.9 Å². The number of nitrogens with zero attached hydrogens (tertiary/aromatic N) is 1. The minimum absolute atomic E-state index is 0. The maximum atomic E-state index is 11.6. The Balaban J connectivity index is 0.00000162. The summed E-state index contributed by atoms with van der Waals surface area (Å²) in [6.07, 6.45) is -0.581. The minimum atomic E-state index is -0.816. The summed E-state index contributed by atoms with van der Waals surface area (Å²) in [5, 5.41) is 18.5. The van der Waals surface area contributed by atoms with Crippen LogP contribution in [0.2, 0.25) is 0 Å². The Kier molecular flexibility index (Phi) is 5.74. The number of aryl methyl sites for hydroxylation is 1. The number of hydrogen-bond acceptors (Lipinski definition) is 5. The van der Waals surface area contributed by atoms with E-state index in [0.717, 1.165) is 0 Å². The van der Waals surface area contributed by atoms with E-state index in [4.69, 9.17) is 9.84 Å². The van der Waals surface area contributed by atoms with Crippen LogP contribution in [-0.2, 0) is 4.74 Å². The molecule has 1 saturated heterocycles. The summed E-state index contributed by atoms with van der Waals surface area (Å²) in [7, 11) is 0.